The molecule has 0 spiro atoms. The van der Waals surface area contributed by atoms with Crippen LogP contribution in [-0.2, 0) is 0 Å². The molecule has 160 valence electrons. The first-order chi connectivity index (χ1) is 13.2. The van der Waals surface area contributed by atoms with Crippen LogP contribution in [0.3, 0.4) is 0 Å². The van der Waals surface area contributed by atoms with Crippen LogP contribution in [0.5, 0.6) is 0 Å². The van der Waals surface area contributed by atoms with Gasteiger partial charge >= 0.3 is 0 Å². The molecular weight excluding hydrogens is 360 g/mol. The fraction of sp³-hybridized carbons (Fsp3) is 0.667. The molecule has 0 aliphatic heterocycles. The zero-order valence-electron chi connectivity index (χ0n) is 19.8. The predicted octanol–water partition coefficient (Wildman–Crippen LogP) is 9.86. The molecule has 0 fully saturated rings. The molecular formula is C27H45Cl. The molecule has 0 heterocycles. The van der Waals surface area contributed by atoms with Gasteiger partial charge in [-0.1, -0.05) is 41.9 Å². The summed E-state index contributed by atoms with van der Waals surface area (Å²) in [7, 11) is 0. The van der Waals surface area contributed by atoms with Crippen molar-refractivity contribution in [2.24, 2.45) is 0 Å². The molecule has 0 nitrogen and oxygen atoms in total. The Morgan fingerprint density at radius 3 is 2.04 bits per heavy atom. The molecule has 0 aromatic rings. The number of hydrogen-bond acceptors (Lipinski definition) is 0. The molecule has 0 saturated carbocycles. The third-order valence-electron chi connectivity index (χ3n) is 5.27. The monoisotopic (exact) mass is 404 g/mol. The van der Waals surface area contributed by atoms with E-state index in [0.717, 1.165) is 32.1 Å². The quantitative estimate of drug-likeness (QED) is 0.117. The topological polar surface area (TPSA) is 0 Å². The highest BCUT2D eigenvalue weighted by Crippen LogP contribution is 2.24. The highest BCUT2D eigenvalue weighted by atomic mass is 35.5. The van der Waals surface area contributed by atoms with E-state index in [4.69, 9.17) is 11.6 Å². The minimum Gasteiger partial charge on any atom is -0.126 e. The number of unbranched alkanes of at least 4 members (excludes halogenated alkanes) is 1. The normalized spacial score (nSPS) is 14.3. The first kappa shape index (κ1) is 27.0. The van der Waals surface area contributed by atoms with E-state index in [-0.39, 0.29) is 4.87 Å². The SMILES string of the molecule is CCC(C)(Cl)CCC=C=C(C)CCC=C(C)CCC=C(C)CCCC=C(C)C. The van der Waals surface area contributed by atoms with Crippen LogP contribution >= 0.6 is 11.6 Å². The lowest BCUT2D eigenvalue weighted by Gasteiger charge is -2.17. The van der Waals surface area contributed by atoms with Crippen LogP contribution in [0.4, 0.5) is 0 Å². The average molecular weight is 405 g/mol. The maximum Gasteiger partial charge on any atom is 0.0419 e. The number of allylic oxidation sites excluding steroid dienone is 7. The van der Waals surface area contributed by atoms with Crippen molar-refractivity contribution in [2.45, 2.75) is 118 Å². The Bertz CT molecular complexity index is 573. The lowest BCUT2D eigenvalue weighted by molar-refractivity contribution is 0.563. The van der Waals surface area contributed by atoms with Crippen molar-refractivity contribution < 1.29 is 0 Å². The van der Waals surface area contributed by atoms with E-state index in [1.165, 1.54) is 54.4 Å². The predicted molar refractivity (Wildman–Crippen MR) is 130 cm³/mol. The summed E-state index contributed by atoms with van der Waals surface area (Å²) in [4.78, 5) is -0.0651. The van der Waals surface area contributed by atoms with Crippen LogP contribution in [0, 0.1) is 0 Å². The standard InChI is InChI=1S/C27H45Cl/c1-8-27(7,28)22-12-11-17-25(5)19-14-21-26(6)20-13-18-24(4)16-10-9-15-23(2)3/h11,15,18,21H,8-10,12-14,16,19-20,22H2,1-7H3. The Balaban J connectivity index is 4.10. The maximum atomic E-state index is 6.39. The molecule has 0 aromatic heterocycles. The summed E-state index contributed by atoms with van der Waals surface area (Å²) in [6.07, 6.45) is 20.6. The van der Waals surface area contributed by atoms with E-state index in [9.17, 15) is 0 Å². The molecule has 0 rings (SSSR count). The van der Waals surface area contributed by atoms with Crippen molar-refractivity contribution in [3.8, 4) is 0 Å². The number of hydrogen-bond donors (Lipinski definition) is 0. The van der Waals surface area contributed by atoms with Gasteiger partial charge in [0.05, 0.1) is 0 Å². The van der Waals surface area contributed by atoms with Gasteiger partial charge in [-0.3, -0.25) is 0 Å². The summed E-state index contributed by atoms with van der Waals surface area (Å²) in [5.41, 5.74) is 9.24. The minimum atomic E-state index is -0.0651. The van der Waals surface area contributed by atoms with E-state index < -0.39 is 0 Å². The Kier molecular flexibility index (Phi) is 15.3. The molecule has 0 saturated heterocycles. The van der Waals surface area contributed by atoms with Gasteiger partial charge in [0.2, 0.25) is 0 Å². The molecule has 0 aromatic carbocycles. The third kappa shape index (κ3) is 17.2. The minimum absolute atomic E-state index is 0.0651. The lowest BCUT2D eigenvalue weighted by atomic mass is 10.0. The van der Waals surface area contributed by atoms with Gasteiger partial charge in [0.15, 0.2) is 0 Å². The van der Waals surface area contributed by atoms with Gasteiger partial charge in [0, 0.05) is 4.87 Å². The van der Waals surface area contributed by atoms with Crippen molar-refractivity contribution in [1.82, 2.24) is 0 Å². The van der Waals surface area contributed by atoms with E-state index in [1.807, 2.05) is 0 Å². The summed E-state index contributed by atoms with van der Waals surface area (Å²) in [5, 5.41) is 0. The van der Waals surface area contributed by atoms with Crippen LogP contribution in [0.15, 0.2) is 52.3 Å². The largest absolute Gasteiger partial charge is 0.126 e. The molecule has 1 heteroatoms. The van der Waals surface area contributed by atoms with Crippen molar-refractivity contribution in [3.63, 3.8) is 0 Å². The first-order valence-corrected chi connectivity index (χ1v) is 11.6. The molecule has 0 bridgehead atoms. The summed E-state index contributed by atoms with van der Waals surface area (Å²) in [6.45, 7) is 15.3. The van der Waals surface area contributed by atoms with Gasteiger partial charge in [0.25, 0.3) is 0 Å². The average Bonchev–Trinajstić information content (AvgIpc) is 2.62. The molecule has 28 heavy (non-hydrogen) atoms. The van der Waals surface area contributed by atoms with Crippen LogP contribution in [-0.4, -0.2) is 4.87 Å². The van der Waals surface area contributed by atoms with Gasteiger partial charge < -0.3 is 0 Å². The molecule has 1 unspecified atom stereocenters. The van der Waals surface area contributed by atoms with Crippen molar-refractivity contribution in [3.05, 3.63) is 52.3 Å². The smallest absolute Gasteiger partial charge is 0.0419 e. The fourth-order valence-electron chi connectivity index (χ4n) is 2.93. The Morgan fingerprint density at radius 2 is 1.43 bits per heavy atom. The van der Waals surface area contributed by atoms with Crippen molar-refractivity contribution in [2.75, 3.05) is 0 Å². The van der Waals surface area contributed by atoms with Gasteiger partial charge in [-0.05, 0) is 117 Å². The Hall–Kier alpha value is -0.970. The highest BCUT2D eigenvalue weighted by Gasteiger charge is 2.15. The van der Waals surface area contributed by atoms with Crippen LogP contribution in [0.2, 0.25) is 0 Å². The van der Waals surface area contributed by atoms with Gasteiger partial charge in [0.1, 0.15) is 0 Å². The van der Waals surface area contributed by atoms with Gasteiger partial charge in [-0.15, -0.1) is 17.3 Å². The molecule has 0 N–H and O–H groups in total. The van der Waals surface area contributed by atoms with Crippen molar-refractivity contribution >= 4 is 11.6 Å². The second kappa shape index (κ2) is 15.9. The molecule has 0 aliphatic carbocycles. The van der Waals surface area contributed by atoms with Crippen molar-refractivity contribution in [1.29, 1.82) is 0 Å². The van der Waals surface area contributed by atoms with E-state index in [1.54, 1.807) is 0 Å². The van der Waals surface area contributed by atoms with E-state index in [0.29, 0.717) is 0 Å². The first-order valence-electron chi connectivity index (χ1n) is 11.2. The molecule has 0 aliphatic rings. The molecule has 0 radical (unpaired) electrons. The van der Waals surface area contributed by atoms with E-state index in [2.05, 4.69) is 78.5 Å². The lowest BCUT2D eigenvalue weighted by Crippen LogP contribution is -2.13. The van der Waals surface area contributed by atoms with Crippen LogP contribution in [0.1, 0.15) is 113 Å². The van der Waals surface area contributed by atoms with Crippen LogP contribution in [0.25, 0.3) is 0 Å². The second-order valence-electron chi connectivity index (χ2n) is 8.79. The zero-order valence-corrected chi connectivity index (χ0v) is 20.5. The third-order valence-corrected chi connectivity index (χ3v) is 5.72. The summed E-state index contributed by atoms with van der Waals surface area (Å²) >= 11 is 6.39. The fourth-order valence-corrected chi connectivity index (χ4v) is 3.03. The Morgan fingerprint density at radius 1 is 0.821 bits per heavy atom. The van der Waals surface area contributed by atoms with Gasteiger partial charge in [-0.25, -0.2) is 0 Å². The summed E-state index contributed by atoms with van der Waals surface area (Å²) < 4.78 is 0. The second-order valence-corrected chi connectivity index (χ2v) is 9.70. The highest BCUT2D eigenvalue weighted by molar-refractivity contribution is 6.23. The number of alkyl halides is 1. The van der Waals surface area contributed by atoms with Crippen LogP contribution < -0.4 is 0 Å². The summed E-state index contributed by atoms with van der Waals surface area (Å²) in [6, 6.07) is 0. The number of rotatable bonds is 14. The Labute approximate surface area is 181 Å². The molecule has 1 atom stereocenters. The summed E-state index contributed by atoms with van der Waals surface area (Å²) in [5.74, 6) is 0. The molecule has 0 amide bonds. The zero-order chi connectivity index (χ0) is 21.4. The van der Waals surface area contributed by atoms with E-state index >= 15 is 0 Å². The van der Waals surface area contributed by atoms with Gasteiger partial charge in [-0.2, -0.15) is 0 Å². The number of halogens is 1. The maximum absolute atomic E-state index is 6.39.